The lowest BCUT2D eigenvalue weighted by Crippen LogP contribution is -2.22. The third-order valence-electron chi connectivity index (χ3n) is 2.06. The van der Waals surface area contributed by atoms with E-state index < -0.39 is 5.91 Å². The van der Waals surface area contributed by atoms with Crippen molar-refractivity contribution in [3.8, 4) is 0 Å². The number of hydrogen-bond acceptors (Lipinski definition) is 3. The van der Waals surface area contributed by atoms with Gasteiger partial charge >= 0.3 is 0 Å². The van der Waals surface area contributed by atoms with Crippen LogP contribution in [0.2, 0.25) is 0 Å². The number of carbonyl (C=O) groups excluding carboxylic acids is 2. The summed E-state index contributed by atoms with van der Waals surface area (Å²) in [7, 11) is 0. The largest absolute Gasteiger partial charge is 0.364 e. The van der Waals surface area contributed by atoms with Gasteiger partial charge in [-0.15, -0.1) is 0 Å². The summed E-state index contributed by atoms with van der Waals surface area (Å²) in [6.45, 7) is 0. The zero-order valence-corrected chi connectivity index (χ0v) is 7.88. The SMILES string of the molecule is NC(=O)C1=NN(c2ccccc2)C(=O)C1. The Labute approximate surface area is 86.2 Å². The Hall–Kier alpha value is -2.17. The quantitative estimate of drug-likeness (QED) is 0.748. The summed E-state index contributed by atoms with van der Waals surface area (Å²) in [6, 6.07) is 8.90. The predicted molar refractivity (Wildman–Crippen MR) is 55.2 cm³/mol. The molecule has 1 aromatic rings. The Morgan fingerprint density at radius 1 is 1.33 bits per heavy atom. The Bertz CT molecular complexity index is 439. The van der Waals surface area contributed by atoms with Crippen molar-refractivity contribution in [3.63, 3.8) is 0 Å². The molecular formula is C10H9N3O2. The number of primary amides is 1. The number of anilines is 1. The molecule has 0 aliphatic carbocycles. The van der Waals surface area contributed by atoms with Crippen LogP contribution in [0.3, 0.4) is 0 Å². The fourth-order valence-corrected chi connectivity index (χ4v) is 1.34. The molecule has 0 saturated carbocycles. The Morgan fingerprint density at radius 2 is 2.00 bits per heavy atom. The van der Waals surface area contributed by atoms with Gasteiger partial charge in [0.1, 0.15) is 5.71 Å². The maximum absolute atomic E-state index is 11.5. The molecule has 0 fully saturated rings. The van der Waals surface area contributed by atoms with Gasteiger partial charge in [0.25, 0.3) is 11.8 Å². The normalized spacial score (nSPS) is 15.3. The molecule has 2 amide bonds. The van der Waals surface area contributed by atoms with Gasteiger partial charge in [-0.25, -0.2) is 0 Å². The van der Waals surface area contributed by atoms with Crippen molar-refractivity contribution in [3.05, 3.63) is 30.3 Å². The molecule has 76 valence electrons. The summed E-state index contributed by atoms with van der Waals surface area (Å²) in [6.07, 6.45) is -0.0236. The van der Waals surface area contributed by atoms with Crippen LogP contribution < -0.4 is 10.7 Å². The molecule has 0 aromatic heterocycles. The summed E-state index contributed by atoms with van der Waals surface area (Å²) in [5.41, 5.74) is 5.79. The van der Waals surface area contributed by atoms with Gasteiger partial charge in [-0.2, -0.15) is 10.1 Å². The molecule has 0 spiro atoms. The average Bonchev–Trinajstić information content (AvgIpc) is 2.62. The van der Waals surface area contributed by atoms with Crippen molar-refractivity contribution >= 4 is 23.2 Å². The maximum atomic E-state index is 11.5. The minimum absolute atomic E-state index is 0.0236. The smallest absolute Gasteiger partial charge is 0.265 e. The molecule has 15 heavy (non-hydrogen) atoms. The van der Waals surface area contributed by atoms with E-state index in [2.05, 4.69) is 5.10 Å². The second-order valence-electron chi connectivity index (χ2n) is 3.13. The van der Waals surface area contributed by atoms with E-state index in [1.165, 1.54) is 5.01 Å². The molecule has 1 aliphatic heterocycles. The molecular weight excluding hydrogens is 194 g/mol. The minimum atomic E-state index is -0.651. The topological polar surface area (TPSA) is 75.8 Å². The van der Waals surface area contributed by atoms with Crippen LogP contribution in [-0.4, -0.2) is 17.5 Å². The Kier molecular flexibility index (Phi) is 2.21. The second-order valence-corrected chi connectivity index (χ2v) is 3.13. The van der Waals surface area contributed by atoms with E-state index in [1.807, 2.05) is 6.07 Å². The number of para-hydroxylation sites is 1. The van der Waals surface area contributed by atoms with Gasteiger partial charge in [0, 0.05) is 0 Å². The molecule has 1 aliphatic rings. The lowest BCUT2D eigenvalue weighted by Gasteiger charge is -2.10. The summed E-state index contributed by atoms with van der Waals surface area (Å²) in [4.78, 5) is 22.3. The van der Waals surface area contributed by atoms with Crippen molar-refractivity contribution in [2.45, 2.75) is 6.42 Å². The lowest BCUT2D eigenvalue weighted by molar-refractivity contribution is -0.117. The first kappa shape index (κ1) is 9.39. The lowest BCUT2D eigenvalue weighted by atomic mass is 10.2. The van der Waals surface area contributed by atoms with Crippen LogP contribution in [0.25, 0.3) is 0 Å². The monoisotopic (exact) mass is 203 g/mol. The Balaban J connectivity index is 2.32. The summed E-state index contributed by atoms with van der Waals surface area (Å²) >= 11 is 0. The van der Waals surface area contributed by atoms with E-state index in [9.17, 15) is 9.59 Å². The van der Waals surface area contributed by atoms with Crippen molar-refractivity contribution in [2.75, 3.05) is 5.01 Å². The van der Waals surface area contributed by atoms with E-state index in [0.717, 1.165) is 0 Å². The first-order valence-corrected chi connectivity index (χ1v) is 4.44. The fourth-order valence-electron chi connectivity index (χ4n) is 1.34. The number of nitrogens with two attached hydrogens (primary N) is 1. The summed E-state index contributed by atoms with van der Waals surface area (Å²) in [5.74, 6) is -0.892. The van der Waals surface area contributed by atoms with Crippen molar-refractivity contribution in [1.29, 1.82) is 0 Å². The molecule has 2 rings (SSSR count). The zero-order valence-electron chi connectivity index (χ0n) is 7.88. The van der Waals surface area contributed by atoms with E-state index in [4.69, 9.17) is 5.73 Å². The highest BCUT2D eigenvalue weighted by atomic mass is 16.2. The van der Waals surface area contributed by atoms with Crippen LogP contribution in [0.1, 0.15) is 6.42 Å². The van der Waals surface area contributed by atoms with E-state index in [0.29, 0.717) is 5.69 Å². The molecule has 0 saturated heterocycles. The molecule has 0 bridgehead atoms. The summed E-state index contributed by atoms with van der Waals surface area (Å²) < 4.78 is 0. The number of hydrogen-bond donors (Lipinski definition) is 1. The Morgan fingerprint density at radius 3 is 2.53 bits per heavy atom. The van der Waals surface area contributed by atoms with Crippen LogP contribution >= 0.6 is 0 Å². The zero-order chi connectivity index (χ0) is 10.8. The number of benzene rings is 1. The van der Waals surface area contributed by atoms with Crippen LogP contribution in [-0.2, 0) is 9.59 Å². The van der Waals surface area contributed by atoms with Gasteiger partial charge in [-0.05, 0) is 12.1 Å². The molecule has 5 nitrogen and oxygen atoms in total. The number of amides is 2. The molecule has 1 heterocycles. The molecule has 0 radical (unpaired) electrons. The minimum Gasteiger partial charge on any atom is -0.364 e. The van der Waals surface area contributed by atoms with Gasteiger partial charge in [-0.1, -0.05) is 18.2 Å². The second kappa shape index (κ2) is 3.53. The molecule has 0 unspecified atom stereocenters. The van der Waals surface area contributed by atoms with Gasteiger partial charge < -0.3 is 5.73 Å². The van der Waals surface area contributed by atoms with E-state index in [1.54, 1.807) is 24.3 Å². The van der Waals surface area contributed by atoms with Crippen molar-refractivity contribution in [1.82, 2.24) is 0 Å². The first-order valence-electron chi connectivity index (χ1n) is 4.44. The number of nitrogens with zero attached hydrogens (tertiary/aromatic N) is 2. The predicted octanol–water partition coefficient (Wildman–Crippen LogP) is 0.265. The van der Waals surface area contributed by atoms with Crippen LogP contribution in [0.15, 0.2) is 35.4 Å². The highest BCUT2D eigenvalue weighted by molar-refractivity contribution is 6.44. The van der Waals surface area contributed by atoms with Crippen LogP contribution in [0.4, 0.5) is 5.69 Å². The van der Waals surface area contributed by atoms with Gasteiger partial charge in [0.15, 0.2) is 0 Å². The highest BCUT2D eigenvalue weighted by Crippen LogP contribution is 2.19. The number of rotatable bonds is 2. The fraction of sp³-hybridized carbons (Fsp3) is 0.100. The molecule has 1 aromatic carbocycles. The number of carbonyl (C=O) groups is 2. The van der Waals surface area contributed by atoms with E-state index >= 15 is 0 Å². The van der Waals surface area contributed by atoms with Gasteiger partial charge in [-0.3, -0.25) is 9.59 Å². The molecule has 5 heteroatoms. The van der Waals surface area contributed by atoms with Gasteiger partial charge in [0.2, 0.25) is 0 Å². The van der Waals surface area contributed by atoms with Gasteiger partial charge in [0.05, 0.1) is 12.1 Å². The highest BCUT2D eigenvalue weighted by Gasteiger charge is 2.27. The van der Waals surface area contributed by atoms with E-state index in [-0.39, 0.29) is 18.0 Å². The summed E-state index contributed by atoms with van der Waals surface area (Å²) in [5, 5.41) is 5.06. The van der Waals surface area contributed by atoms with Crippen molar-refractivity contribution < 1.29 is 9.59 Å². The number of hydrazone groups is 1. The maximum Gasteiger partial charge on any atom is 0.265 e. The third kappa shape index (κ3) is 1.71. The van der Waals surface area contributed by atoms with Crippen LogP contribution in [0, 0.1) is 0 Å². The third-order valence-corrected chi connectivity index (χ3v) is 2.06. The van der Waals surface area contributed by atoms with Crippen LogP contribution in [0.5, 0.6) is 0 Å². The molecule has 2 N–H and O–H groups in total. The molecule has 0 atom stereocenters. The first-order chi connectivity index (χ1) is 7.18. The average molecular weight is 203 g/mol. The van der Waals surface area contributed by atoms with Crippen molar-refractivity contribution in [2.24, 2.45) is 10.8 Å². The standard InChI is InChI=1S/C10H9N3O2/c11-10(15)8-6-9(14)13(12-8)7-4-2-1-3-5-7/h1-5H,6H2,(H2,11,15).